The van der Waals surface area contributed by atoms with Gasteiger partial charge in [0, 0.05) is 13.2 Å². The standard InChI is InChI=1S/C31H32FN3O6S/c1-19-15-20(2)28(21(3)16-19)35(27(36)18-34-31(38)25-8-4-5-9-26(25)42(34,39)40)29(22-10-12-23(32)13-11-22)30(37)33-17-24-7-6-14-41-24/h4-5,8-13,15-16,24,29H,6-7,14,17-18H2,1-3H3,(H,33,37)/t24-,29+/m1/s1. The Bertz CT molecular complexity index is 1630. The Morgan fingerprint density at radius 3 is 2.36 bits per heavy atom. The molecule has 0 aliphatic carbocycles. The Morgan fingerprint density at radius 1 is 1.07 bits per heavy atom. The number of aryl methyl sites for hydroxylation is 3. The first-order valence-electron chi connectivity index (χ1n) is 13.7. The van der Waals surface area contributed by atoms with Crippen LogP contribution in [0.3, 0.4) is 0 Å². The van der Waals surface area contributed by atoms with Gasteiger partial charge in [0.15, 0.2) is 0 Å². The van der Waals surface area contributed by atoms with Crippen molar-refractivity contribution >= 4 is 33.4 Å². The molecule has 11 heteroatoms. The molecule has 220 valence electrons. The average Bonchev–Trinajstić information content (AvgIpc) is 3.53. The Kier molecular flexibility index (Phi) is 8.16. The van der Waals surface area contributed by atoms with Gasteiger partial charge in [0.05, 0.1) is 17.4 Å². The van der Waals surface area contributed by atoms with Gasteiger partial charge in [-0.3, -0.25) is 19.3 Å². The zero-order chi connectivity index (χ0) is 30.2. The maximum Gasteiger partial charge on any atom is 0.269 e. The van der Waals surface area contributed by atoms with Crippen LogP contribution in [0.4, 0.5) is 10.1 Å². The van der Waals surface area contributed by atoms with Crippen molar-refractivity contribution in [1.29, 1.82) is 0 Å². The summed E-state index contributed by atoms with van der Waals surface area (Å²) >= 11 is 0. The number of nitrogens with one attached hydrogen (secondary N) is 1. The maximum atomic E-state index is 14.3. The van der Waals surface area contributed by atoms with Crippen LogP contribution in [-0.4, -0.2) is 56.2 Å². The van der Waals surface area contributed by atoms with Crippen molar-refractivity contribution in [3.63, 3.8) is 0 Å². The lowest BCUT2D eigenvalue weighted by Crippen LogP contribution is -2.49. The molecule has 2 heterocycles. The normalized spacial score (nSPS) is 18.0. The van der Waals surface area contributed by atoms with E-state index < -0.39 is 46.1 Å². The second kappa shape index (κ2) is 11.7. The molecule has 0 bridgehead atoms. The van der Waals surface area contributed by atoms with E-state index in [-0.39, 0.29) is 23.1 Å². The van der Waals surface area contributed by atoms with Gasteiger partial charge in [-0.15, -0.1) is 0 Å². The van der Waals surface area contributed by atoms with Crippen LogP contribution in [0.5, 0.6) is 0 Å². The molecule has 3 aromatic rings. The molecule has 0 radical (unpaired) electrons. The Morgan fingerprint density at radius 2 is 1.74 bits per heavy atom. The second-order valence-corrected chi connectivity index (χ2v) is 12.5. The molecular weight excluding hydrogens is 561 g/mol. The molecule has 1 saturated heterocycles. The number of nitrogens with zero attached hydrogens (tertiary/aromatic N) is 2. The number of carbonyl (C=O) groups is 3. The first kappa shape index (κ1) is 29.4. The van der Waals surface area contributed by atoms with Crippen molar-refractivity contribution < 1.29 is 31.9 Å². The number of fused-ring (bicyclic) bond motifs is 1. The third kappa shape index (κ3) is 5.54. The third-order valence-electron chi connectivity index (χ3n) is 7.56. The number of halogens is 1. The predicted octanol–water partition coefficient (Wildman–Crippen LogP) is 3.97. The molecule has 0 spiro atoms. The number of hydrogen-bond acceptors (Lipinski definition) is 6. The molecule has 2 atom stereocenters. The van der Waals surface area contributed by atoms with Crippen LogP contribution < -0.4 is 10.2 Å². The minimum atomic E-state index is -4.30. The summed E-state index contributed by atoms with van der Waals surface area (Å²) in [4.78, 5) is 42.5. The van der Waals surface area contributed by atoms with Crippen molar-refractivity contribution in [3.8, 4) is 0 Å². The first-order chi connectivity index (χ1) is 20.0. The second-order valence-electron chi connectivity index (χ2n) is 10.7. The van der Waals surface area contributed by atoms with E-state index >= 15 is 0 Å². The van der Waals surface area contributed by atoms with Gasteiger partial charge in [-0.05, 0) is 74.6 Å². The summed E-state index contributed by atoms with van der Waals surface area (Å²) in [6, 6.07) is 13.4. The highest BCUT2D eigenvalue weighted by Gasteiger charge is 2.44. The highest BCUT2D eigenvalue weighted by atomic mass is 32.2. The number of benzene rings is 3. The van der Waals surface area contributed by atoms with Crippen LogP contribution in [0.1, 0.15) is 51.5 Å². The lowest BCUT2D eigenvalue weighted by molar-refractivity contribution is -0.127. The summed E-state index contributed by atoms with van der Waals surface area (Å²) < 4.78 is 46.8. The fourth-order valence-corrected chi connectivity index (χ4v) is 7.23. The number of carbonyl (C=O) groups excluding carboxylic acids is 3. The maximum absolute atomic E-state index is 14.3. The van der Waals surface area contributed by atoms with Crippen molar-refractivity contribution in [3.05, 3.63) is 94.3 Å². The van der Waals surface area contributed by atoms with Crippen molar-refractivity contribution in [2.75, 3.05) is 24.6 Å². The molecule has 2 aliphatic heterocycles. The SMILES string of the molecule is Cc1cc(C)c(N(C(=O)CN2C(=O)c3ccccc3S2(=O)=O)[C@H](C(=O)NC[C@H]2CCCO2)c2ccc(F)cc2)c(C)c1. The van der Waals surface area contributed by atoms with Crippen LogP contribution in [0.15, 0.2) is 65.6 Å². The monoisotopic (exact) mass is 593 g/mol. The smallest absolute Gasteiger partial charge is 0.269 e. The largest absolute Gasteiger partial charge is 0.376 e. The van der Waals surface area contributed by atoms with E-state index in [1.807, 2.05) is 19.1 Å². The van der Waals surface area contributed by atoms with Crippen LogP contribution in [0, 0.1) is 26.6 Å². The number of amides is 3. The zero-order valence-corrected chi connectivity index (χ0v) is 24.4. The Labute approximate surface area is 244 Å². The predicted molar refractivity (Wildman–Crippen MR) is 154 cm³/mol. The molecule has 0 unspecified atom stereocenters. The summed E-state index contributed by atoms with van der Waals surface area (Å²) in [7, 11) is -4.30. The van der Waals surface area contributed by atoms with Crippen molar-refractivity contribution in [1.82, 2.24) is 9.62 Å². The lowest BCUT2D eigenvalue weighted by atomic mass is 9.98. The molecule has 9 nitrogen and oxygen atoms in total. The lowest BCUT2D eigenvalue weighted by Gasteiger charge is -2.35. The summed E-state index contributed by atoms with van der Waals surface area (Å²) in [5.41, 5.74) is 2.94. The van der Waals surface area contributed by atoms with Gasteiger partial charge < -0.3 is 10.1 Å². The number of rotatable bonds is 8. The average molecular weight is 594 g/mol. The molecular formula is C31H32FN3O6S. The van der Waals surface area contributed by atoms with Gasteiger partial charge in [-0.25, -0.2) is 17.1 Å². The van der Waals surface area contributed by atoms with Crippen molar-refractivity contribution in [2.24, 2.45) is 0 Å². The molecule has 42 heavy (non-hydrogen) atoms. The summed E-state index contributed by atoms with van der Waals surface area (Å²) in [6.45, 7) is 5.44. The van der Waals surface area contributed by atoms with Gasteiger partial charge in [0.2, 0.25) is 11.8 Å². The van der Waals surface area contributed by atoms with Crippen molar-refractivity contribution in [2.45, 2.75) is 50.7 Å². The van der Waals surface area contributed by atoms with Gasteiger partial charge in [0.1, 0.15) is 23.3 Å². The molecule has 1 N–H and O–H groups in total. The van der Waals surface area contributed by atoms with E-state index in [9.17, 15) is 27.2 Å². The van der Waals surface area contributed by atoms with Crippen LogP contribution in [0.25, 0.3) is 0 Å². The van der Waals surface area contributed by atoms with E-state index in [2.05, 4.69) is 5.32 Å². The molecule has 3 aromatic carbocycles. The minimum Gasteiger partial charge on any atom is -0.376 e. The zero-order valence-electron chi connectivity index (χ0n) is 23.6. The Balaban J connectivity index is 1.60. The molecule has 0 saturated carbocycles. The molecule has 1 fully saturated rings. The molecule has 0 aromatic heterocycles. The quantitative estimate of drug-likeness (QED) is 0.423. The highest BCUT2D eigenvalue weighted by molar-refractivity contribution is 7.90. The first-order valence-corrected chi connectivity index (χ1v) is 15.1. The van der Waals surface area contributed by atoms with E-state index in [0.717, 1.165) is 18.4 Å². The van der Waals surface area contributed by atoms with Crippen LogP contribution >= 0.6 is 0 Å². The number of ether oxygens (including phenoxy) is 1. The van der Waals surface area contributed by atoms with Crippen LogP contribution in [-0.2, 0) is 24.3 Å². The fraction of sp³-hybridized carbons (Fsp3) is 0.323. The van der Waals surface area contributed by atoms with Crippen LogP contribution in [0.2, 0.25) is 0 Å². The summed E-state index contributed by atoms with van der Waals surface area (Å²) in [6.07, 6.45) is 1.46. The van der Waals surface area contributed by atoms with Gasteiger partial charge in [-0.1, -0.05) is 42.0 Å². The minimum absolute atomic E-state index is 0.0241. The van der Waals surface area contributed by atoms with E-state index in [1.54, 1.807) is 19.9 Å². The highest BCUT2D eigenvalue weighted by Crippen LogP contribution is 2.36. The number of sulfonamides is 1. The summed E-state index contributed by atoms with van der Waals surface area (Å²) in [5, 5.41) is 2.88. The third-order valence-corrected chi connectivity index (χ3v) is 9.34. The van der Waals surface area contributed by atoms with E-state index in [0.29, 0.717) is 33.3 Å². The number of anilines is 1. The molecule has 2 aliphatic rings. The summed E-state index contributed by atoms with van der Waals surface area (Å²) in [5.74, 6) is -2.69. The number of hydrogen-bond donors (Lipinski definition) is 1. The van der Waals surface area contributed by atoms with E-state index in [4.69, 9.17) is 4.74 Å². The molecule has 5 rings (SSSR count). The van der Waals surface area contributed by atoms with Gasteiger partial charge in [0.25, 0.3) is 15.9 Å². The van der Waals surface area contributed by atoms with E-state index in [1.165, 1.54) is 47.4 Å². The molecule has 3 amide bonds. The van der Waals surface area contributed by atoms with Gasteiger partial charge in [-0.2, -0.15) is 0 Å². The topological polar surface area (TPSA) is 113 Å². The Hall–Kier alpha value is -4.09. The van der Waals surface area contributed by atoms with Gasteiger partial charge >= 0.3 is 0 Å². The fourth-order valence-electron chi connectivity index (χ4n) is 5.72.